The Kier molecular flexibility index (Phi) is 4.16. The molecule has 0 bridgehead atoms. The summed E-state index contributed by atoms with van der Waals surface area (Å²) >= 11 is 3.12. The van der Waals surface area contributed by atoms with E-state index in [9.17, 15) is 18.3 Å². The van der Waals surface area contributed by atoms with Gasteiger partial charge in [0.15, 0.2) is 5.78 Å². The van der Waals surface area contributed by atoms with Crippen LogP contribution in [0.4, 0.5) is 5.69 Å². The molecule has 0 aromatic heterocycles. The Labute approximate surface area is 108 Å². The first-order valence-electron chi connectivity index (χ1n) is 4.78. The zero-order chi connectivity index (χ0) is 13.2. The van der Waals surface area contributed by atoms with Gasteiger partial charge in [-0.25, -0.2) is 8.42 Å². The van der Waals surface area contributed by atoms with Gasteiger partial charge in [0.2, 0.25) is 10.0 Å². The van der Waals surface area contributed by atoms with Gasteiger partial charge in [-0.3, -0.25) is 9.52 Å². The summed E-state index contributed by atoms with van der Waals surface area (Å²) in [7, 11) is -3.52. The molecule has 1 aromatic rings. The highest BCUT2D eigenvalue weighted by molar-refractivity contribution is 9.10. The lowest BCUT2D eigenvalue weighted by molar-refractivity contribution is 0.0987. The molecular weight excluding hydrogens is 310 g/mol. The van der Waals surface area contributed by atoms with Crippen LogP contribution in [0.2, 0.25) is 0 Å². The molecule has 0 aliphatic rings. The van der Waals surface area contributed by atoms with Gasteiger partial charge in [-0.05, 0) is 28.1 Å². The first kappa shape index (κ1) is 14.0. The van der Waals surface area contributed by atoms with Crippen molar-refractivity contribution < 1.29 is 18.3 Å². The summed E-state index contributed by atoms with van der Waals surface area (Å²) in [5, 5.41) is 9.57. The van der Waals surface area contributed by atoms with Gasteiger partial charge in [0.25, 0.3) is 0 Å². The number of Topliss-reactive ketones (excluding diaryl/α,β-unsaturated/α-hetero) is 1. The monoisotopic (exact) mass is 321 g/mol. The molecule has 17 heavy (non-hydrogen) atoms. The fourth-order valence-corrected chi connectivity index (χ4v) is 2.62. The lowest BCUT2D eigenvalue weighted by Gasteiger charge is -2.11. The summed E-state index contributed by atoms with van der Waals surface area (Å²) in [6, 6.07) is 2.72. The van der Waals surface area contributed by atoms with Crippen LogP contribution in [0.5, 0.6) is 5.75 Å². The maximum Gasteiger partial charge on any atom is 0.229 e. The van der Waals surface area contributed by atoms with Crippen LogP contribution in [0.1, 0.15) is 23.7 Å². The maximum atomic E-state index is 11.6. The third kappa shape index (κ3) is 3.44. The van der Waals surface area contributed by atoms with E-state index in [1.54, 1.807) is 6.92 Å². The molecule has 2 N–H and O–H groups in total. The topological polar surface area (TPSA) is 83.5 Å². The zero-order valence-electron chi connectivity index (χ0n) is 9.32. The molecule has 0 fully saturated rings. The van der Waals surface area contributed by atoms with E-state index in [0.29, 0.717) is 12.0 Å². The molecule has 0 saturated heterocycles. The summed E-state index contributed by atoms with van der Waals surface area (Å²) in [6.07, 6.45) is 1.26. The normalized spacial score (nSPS) is 11.2. The van der Waals surface area contributed by atoms with E-state index in [-0.39, 0.29) is 21.7 Å². The summed E-state index contributed by atoms with van der Waals surface area (Å²) < 4.78 is 24.7. The summed E-state index contributed by atoms with van der Waals surface area (Å²) in [4.78, 5) is 11.6. The number of hydrogen-bond donors (Lipinski definition) is 2. The van der Waals surface area contributed by atoms with Crippen molar-refractivity contribution in [2.24, 2.45) is 0 Å². The van der Waals surface area contributed by atoms with Crippen molar-refractivity contribution >= 4 is 37.4 Å². The molecule has 0 amide bonds. The number of hydrogen-bond acceptors (Lipinski definition) is 4. The average Bonchev–Trinajstić information content (AvgIpc) is 2.22. The van der Waals surface area contributed by atoms with Crippen molar-refractivity contribution in [2.45, 2.75) is 13.3 Å². The summed E-state index contributed by atoms with van der Waals surface area (Å²) in [6.45, 7) is 1.70. The van der Waals surface area contributed by atoms with Crippen LogP contribution in [0.3, 0.4) is 0 Å². The van der Waals surface area contributed by atoms with Gasteiger partial charge in [0.1, 0.15) is 11.4 Å². The average molecular weight is 322 g/mol. The van der Waals surface area contributed by atoms with Gasteiger partial charge in [0.05, 0.1) is 10.7 Å². The van der Waals surface area contributed by atoms with E-state index in [2.05, 4.69) is 20.7 Å². The highest BCUT2D eigenvalue weighted by Crippen LogP contribution is 2.35. The Morgan fingerprint density at radius 3 is 2.53 bits per heavy atom. The second kappa shape index (κ2) is 5.05. The first-order chi connectivity index (χ1) is 7.76. The van der Waals surface area contributed by atoms with E-state index in [1.807, 2.05) is 0 Å². The Bertz CT molecular complexity index is 554. The molecule has 0 aliphatic heterocycles. The number of phenols is 1. The van der Waals surface area contributed by atoms with Crippen molar-refractivity contribution in [1.29, 1.82) is 0 Å². The number of phenolic OH excluding ortho intramolecular Hbond substituents is 1. The van der Waals surface area contributed by atoms with Crippen molar-refractivity contribution in [3.05, 3.63) is 22.2 Å². The second-order valence-corrected chi connectivity index (χ2v) is 6.01. The van der Waals surface area contributed by atoms with E-state index in [0.717, 1.165) is 6.26 Å². The number of halogens is 1. The lowest BCUT2D eigenvalue weighted by atomic mass is 10.1. The number of sulfonamides is 1. The Balaban J connectivity index is 3.35. The number of carbonyl (C=O) groups is 1. The van der Waals surface area contributed by atoms with Crippen molar-refractivity contribution in [1.82, 2.24) is 0 Å². The molecule has 7 heteroatoms. The van der Waals surface area contributed by atoms with Crippen LogP contribution in [0.15, 0.2) is 16.6 Å². The molecule has 1 rings (SSSR count). The predicted molar refractivity (Wildman–Crippen MR) is 68.9 cm³/mol. The number of aromatic hydroxyl groups is 1. The molecule has 0 atom stereocenters. The van der Waals surface area contributed by atoms with E-state index in [4.69, 9.17) is 0 Å². The maximum absolute atomic E-state index is 11.6. The van der Waals surface area contributed by atoms with Crippen LogP contribution >= 0.6 is 15.9 Å². The smallest absolute Gasteiger partial charge is 0.229 e. The Morgan fingerprint density at radius 2 is 2.06 bits per heavy atom. The van der Waals surface area contributed by atoms with Gasteiger partial charge in [0, 0.05) is 12.0 Å². The third-order valence-corrected chi connectivity index (χ3v) is 3.43. The largest absolute Gasteiger partial charge is 0.506 e. The number of carbonyl (C=O) groups excluding carboxylic acids is 1. The molecule has 0 saturated carbocycles. The van der Waals surface area contributed by atoms with Crippen LogP contribution in [-0.4, -0.2) is 25.6 Å². The molecule has 0 radical (unpaired) electrons. The first-order valence-corrected chi connectivity index (χ1v) is 7.47. The van der Waals surface area contributed by atoms with E-state index >= 15 is 0 Å². The van der Waals surface area contributed by atoms with Gasteiger partial charge in [-0.1, -0.05) is 6.92 Å². The zero-order valence-corrected chi connectivity index (χ0v) is 11.7. The van der Waals surface area contributed by atoms with Gasteiger partial charge in [-0.2, -0.15) is 0 Å². The minimum absolute atomic E-state index is 0.0215. The van der Waals surface area contributed by atoms with Crippen LogP contribution < -0.4 is 4.72 Å². The highest BCUT2D eigenvalue weighted by Gasteiger charge is 2.17. The highest BCUT2D eigenvalue weighted by atomic mass is 79.9. The number of rotatable bonds is 4. The molecule has 94 valence electrons. The van der Waals surface area contributed by atoms with Crippen LogP contribution in [-0.2, 0) is 10.0 Å². The summed E-state index contributed by atoms with van der Waals surface area (Å²) in [5.41, 5.74) is 0.309. The van der Waals surface area contributed by atoms with Gasteiger partial charge >= 0.3 is 0 Å². The molecule has 0 heterocycles. The number of benzene rings is 1. The van der Waals surface area contributed by atoms with E-state index in [1.165, 1.54) is 12.1 Å². The Morgan fingerprint density at radius 1 is 1.47 bits per heavy atom. The quantitative estimate of drug-likeness (QED) is 0.657. The van der Waals surface area contributed by atoms with Crippen molar-refractivity contribution in [3.63, 3.8) is 0 Å². The number of anilines is 1. The Hall–Kier alpha value is -1.08. The van der Waals surface area contributed by atoms with Crippen LogP contribution in [0.25, 0.3) is 0 Å². The standard InChI is InChI=1S/C10H12BrNO4S/c1-3-7(13)6-4-5-8(14)10(9(6)11)12-17(2,15)16/h4-5,12,14H,3H2,1-2H3. The number of nitrogens with one attached hydrogen (secondary N) is 1. The van der Waals surface area contributed by atoms with Crippen LogP contribution in [0, 0.1) is 0 Å². The van der Waals surface area contributed by atoms with E-state index < -0.39 is 10.0 Å². The van der Waals surface area contributed by atoms with Crippen molar-refractivity contribution in [3.8, 4) is 5.75 Å². The minimum atomic E-state index is -3.52. The molecule has 0 spiro atoms. The SMILES string of the molecule is CCC(=O)c1ccc(O)c(NS(C)(=O)=O)c1Br. The third-order valence-electron chi connectivity index (χ3n) is 2.03. The molecule has 1 aromatic carbocycles. The number of ketones is 1. The fourth-order valence-electron chi connectivity index (χ4n) is 1.25. The molecule has 0 unspecified atom stereocenters. The predicted octanol–water partition coefficient (Wildman–Crippen LogP) is 2.12. The summed E-state index contributed by atoms with van der Waals surface area (Å²) in [5.74, 6) is -0.386. The fraction of sp³-hybridized carbons (Fsp3) is 0.300. The van der Waals surface area contributed by atoms with Gasteiger partial charge in [-0.15, -0.1) is 0 Å². The molecular formula is C10H12BrNO4S. The van der Waals surface area contributed by atoms with Gasteiger partial charge < -0.3 is 5.11 Å². The molecule has 5 nitrogen and oxygen atoms in total. The second-order valence-electron chi connectivity index (χ2n) is 3.47. The van der Waals surface area contributed by atoms with Crippen molar-refractivity contribution in [2.75, 3.05) is 11.0 Å². The molecule has 0 aliphatic carbocycles. The minimum Gasteiger partial charge on any atom is -0.506 e. The lowest BCUT2D eigenvalue weighted by Crippen LogP contribution is -2.11.